The first-order chi connectivity index (χ1) is 9.56. The van der Waals surface area contributed by atoms with Crippen molar-refractivity contribution in [2.24, 2.45) is 0 Å². The highest BCUT2D eigenvalue weighted by atomic mass is 79.9. The van der Waals surface area contributed by atoms with Crippen molar-refractivity contribution in [1.29, 1.82) is 0 Å². The van der Waals surface area contributed by atoms with Gasteiger partial charge in [0.15, 0.2) is 0 Å². The molecule has 0 aliphatic rings. The Labute approximate surface area is 127 Å². The molecule has 0 fully saturated rings. The average molecular weight is 342 g/mol. The molecular weight excluding hydrogens is 322 g/mol. The maximum absolute atomic E-state index is 11.6. The topological polar surface area (TPSA) is 70.2 Å². The van der Waals surface area contributed by atoms with Crippen LogP contribution in [0, 0.1) is 0 Å². The van der Waals surface area contributed by atoms with Crippen molar-refractivity contribution in [1.82, 2.24) is 16.0 Å². The van der Waals surface area contributed by atoms with E-state index in [1.807, 2.05) is 24.3 Å². The van der Waals surface area contributed by atoms with E-state index in [0.717, 1.165) is 16.5 Å². The van der Waals surface area contributed by atoms with Crippen LogP contribution in [0.15, 0.2) is 28.7 Å². The van der Waals surface area contributed by atoms with Crippen molar-refractivity contribution in [2.45, 2.75) is 19.4 Å². The predicted molar refractivity (Wildman–Crippen MR) is 82.3 cm³/mol. The lowest BCUT2D eigenvalue weighted by Gasteiger charge is -2.17. The third-order valence-corrected chi connectivity index (χ3v) is 3.44. The van der Waals surface area contributed by atoms with Crippen molar-refractivity contribution >= 4 is 27.7 Å². The maximum Gasteiger partial charge on any atom is 0.239 e. The standard InChI is InChI=1S/C14H20BrN3O2/c1-3-12(10-4-6-11(15)7-5-10)17-9-14(20)18-8-13(19)16-2/h4-7,12,17H,3,8-9H2,1-2H3,(H,16,19)(H,18,20)/t12-/m1/s1. The summed E-state index contributed by atoms with van der Waals surface area (Å²) >= 11 is 3.40. The Bertz CT molecular complexity index is 448. The molecule has 1 rings (SSSR count). The highest BCUT2D eigenvalue weighted by Gasteiger charge is 2.11. The molecule has 2 amide bonds. The Morgan fingerprint density at radius 1 is 1.15 bits per heavy atom. The van der Waals surface area contributed by atoms with Crippen molar-refractivity contribution in [3.05, 3.63) is 34.3 Å². The molecule has 0 aliphatic heterocycles. The number of hydrogen-bond acceptors (Lipinski definition) is 3. The SMILES string of the molecule is CC[C@@H](NCC(=O)NCC(=O)NC)c1ccc(Br)cc1. The first-order valence-corrected chi connectivity index (χ1v) is 7.32. The minimum atomic E-state index is -0.210. The average Bonchev–Trinajstić information content (AvgIpc) is 2.47. The third-order valence-electron chi connectivity index (χ3n) is 2.91. The van der Waals surface area contributed by atoms with Crippen LogP contribution in [0.2, 0.25) is 0 Å². The summed E-state index contributed by atoms with van der Waals surface area (Å²) in [6.07, 6.45) is 0.879. The number of benzene rings is 1. The van der Waals surface area contributed by atoms with Crippen LogP contribution in [0.4, 0.5) is 0 Å². The summed E-state index contributed by atoms with van der Waals surface area (Å²) in [5.74, 6) is -0.400. The van der Waals surface area contributed by atoms with Gasteiger partial charge >= 0.3 is 0 Å². The van der Waals surface area contributed by atoms with Crippen LogP contribution in [0.1, 0.15) is 24.9 Å². The van der Waals surface area contributed by atoms with Gasteiger partial charge in [0.25, 0.3) is 0 Å². The Balaban J connectivity index is 2.43. The van der Waals surface area contributed by atoms with Crippen LogP contribution in [-0.2, 0) is 9.59 Å². The summed E-state index contributed by atoms with van der Waals surface area (Å²) < 4.78 is 1.03. The number of carbonyl (C=O) groups excluding carboxylic acids is 2. The van der Waals surface area contributed by atoms with Crippen molar-refractivity contribution in [3.8, 4) is 0 Å². The second-order valence-electron chi connectivity index (χ2n) is 4.34. The molecule has 0 aromatic heterocycles. The predicted octanol–water partition coefficient (Wildman–Crippen LogP) is 1.35. The molecular formula is C14H20BrN3O2. The first-order valence-electron chi connectivity index (χ1n) is 6.53. The molecule has 110 valence electrons. The van der Waals surface area contributed by atoms with E-state index < -0.39 is 0 Å². The highest BCUT2D eigenvalue weighted by molar-refractivity contribution is 9.10. The molecule has 0 radical (unpaired) electrons. The Hall–Kier alpha value is -1.40. The van der Waals surface area contributed by atoms with Gasteiger partial charge in [-0.15, -0.1) is 0 Å². The number of halogens is 1. The highest BCUT2D eigenvalue weighted by Crippen LogP contribution is 2.19. The largest absolute Gasteiger partial charge is 0.358 e. The molecule has 0 saturated heterocycles. The molecule has 1 aromatic carbocycles. The fourth-order valence-corrected chi connectivity index (χ4v) is 2.00. The number of likely N-dealkylation sites (N-methyl/N-ethyl adjacent to an activating group) is 1. The van der Waals surface area contributed by atoms with Gasteiger partial charge in [-0.05, 0) is 24.1 Å². The van der Waals surface area contributed by atoms with Gasteiger partial charge in [0.05, 0.1) is 13.1 Å². The number of hydrogen-bond donors (Lipinski definition) is 3. The molecule has 3 N–H and O–H groups in total. The van der Waals surface area contributed by atoms with E-state index in [4.69, 9.17) is 0 Å². The number of carbonyl (C=O) groups is 2. The summed E-state index contributed by atoms with van der Waals surface area (Å²) in [5, 5.41) is 8.19. The van der Waals surface area contributed by atoms with Crippen LogP contribution in [-0.4, -0.2) is 32.0 Å². The summed E-state index contributed by atoms with van der Waals surface area (Å²) in [4.78, 5) is 22.6. The quantitative estimate of drug-likeness (QED) is 0.701. The van der Waals surface area contributed by atoms with Crippen LogP contribution >= 0.6 is 15.9 Å². The van der Waals surface area contributed by atoms with E-state index >= 15 is 0 Å². The van der Waals surface area contributed by atoms with Crippen LogP contribution < -0.4 is 16.0 Å². The summed E-state index contributed by atoms with van der Waals surface area (Å²) in [7, 11) is 1.54. The normalized spacial score (nSPS) is 11.8. The zero-order valence-electron chi connectivity index (χ0n) is 11.7. The van der Waals surface area contributed by atoms with Crippen LogP contribution in [0.5, 0.6) is 0 Å². The van der Waals surface area contributed by atoms with Gasteiger partial charge in [0.2, 0.25) is 11.8 Å². The van der Waals surface area contributed by atoms with E-state index in [1.54, 1.807) is 0 Å². The zero-order valence-corrected chi connectivity index (χ0v) is 13.3. The summed E-state index contributed by atoms with van der Waals surface area (Å²) in [6.45, 7) is 2.25. The van der Waals surface area contributed by atoms with Gasteiger partial charge in [-0.25, -0.2) is 0 Å². The first kappa shape index (κ1) is 16.7. The second kappa shape index (κ2) is 8.71. The molecule has 0 saturated carbocycles. The Morgan fingerprint density at radius 3 is 2.35 bits per heavy atom. The molecule has 0 bridgehead atoms. The lowest BCUT2D eigenvalue weighted by molar-refractivity contribution is -0.125. The second-order valence-corrected chi connectivity index (χ2v) is 5.26. The smallest absolute Gasteiger partial charge is 0.239 e. The lowest BCUT2D eigenvalue weighted by Crippen LogP contribution is -2.40. The minimum Gasteiger partial charge on any atom is -0.358 e. The molecule has 0 heterocycles. The number of amides is 2. The van der Waals surface area contributed by atoms with Gasteiger partial charge < -0.3 is 16.0 Å². The van der Waals surface area contributed by atoms with E-state index in [0.29, 0.717) is 0 Å². The maximum atomic E-state index is 11.6. The Kier molecular flexibility index (Phi) is 7.25. The molecule has 1 atom stereocenters. The fraction of sp³-hybridized carbons (Fsp3) is 0.429. The van der Waals surface area contributed by atoms with Crippen LogP contribution in [0.3, 0.4) is 0 Å². The summed E-state index contributed by atoms with van der Waals surface area (Å²) in [5.41, 5.74) is 1.13. The van der Waals surface area contributed by atoms with Gasteiger partial charge in [-0.1, -0.05) is 35.0 Å². The van der Waals surface area contributed by atoms with E-state index in [1.165, 1.54) is 7.05 Å². The van der Waals surface area contributed by atoms with Crippen LogP contribution in [0.25, 0.3) is 0 Å². The van der Waals surface area contributed by atoms with Crippen molar-refractivity contribution < 1.29 is 9.59 Å². The van der Waals surface area contributed by atoms with Crippen molar-refractivity contribution in [2.75, 3.05) is 20.1 Å². The molecule has 0 aliphatic carbocycles. The number of rotatable bonds is 7. The molecule has 1 aromatic rings. The summed E-state index contributed by atoms with van der Waals surface area (Å²) in [6, 6.07) is 8.12. The van der Waals surface area contributed by atoms with Gasteiger partial charge in [-0.2, -0.15) is 0 Å². The van der Waals surface area contributed by atoms with Gasteiger partial charge in [-0.3, -0.25) is 9.59 Å². The Morgan fingerprint density at radius 2 is 1.80 bits per heavy atom. The molecule has 20 heavy (non-hydrogen) atoms. The molecule has 0 unspecified atom stereocenters. The van der Waals surface area contributed by atoms with E-state index in [9.17, 15) is 9.59 Å². The zero-order chi connectivity index (χ0) is 15.0. The fourth-order valence-electron chi connectivity index (χ4n) is 1.74. The van der Waals surface area contributed by atoms with Crippen molar-refractivity contribution in [3.63, 3.8) is 0 Å². The number of nitrogens with one attached hydrogen (secondary N) is 3. The molecule has 0 spiro atoms. The third kappa shape index (κ3) is 5.71. The monoisotopic (exact) mass is 341 g/mol. The minimum absolute atomic E-state index is 0.00604. The van der Waals surface area contributed by atoms with E-state index in [2.05, 4.69) is 38.8 Å². The molecule has 5 nitrogen and oxygen atoms in total. The van der Waals surface area contributed by atoms with Gasteiger partial charge in [0, 0.05) is 17.6 Å². The van der Waals surface area contributed by atoms with Gasteiger partial charge in [0.1, 0.15) is 0 Å². The molecule has 6 heteroatoms. The lowest BCUT2D eigenvalue weighted by atomic mass is 10.0. The van der Waals surface area contributed by atoms with E-state index in [-0.39, 0.29) is 30.9 Å².